The van der Waals surface area contributed by atoms with E-state index in [0.29, 0.717) is 0 Å². The van der Waals surface area contributed by atoms with Crippen LogP contribution >= 0.6 is 0 Å². The van der Waals surface area contributed by atoms with Gasteiger partial charge in [-0.15, -0.1) is 0 Å². The van der Waals surface area contributed by atoms with Crippen LogP contribution in [0.2, 0.25) is 0 Å². The molecule has 1 aromatic carbocycles. The van der Waals surface area contributed by atoms with E-state index in [2.05, 4.69) is 16.2 Å². The summed E-state index contributed by atoms with van der Waals surface area (Å²) < 4.78 is 3.60. The molecular formula is C9H6OTe. The third-order valence-corrected chi connectivity index (χ3v) is 4.17. The van der Waals surface area contributed by atoms with Crippen LogP contribution in [0.5, 0.6) is 0 Å². The van der Waals surface area contributed by atoms with E-state index in [1.54, 1.807) is 0 Å². The molecule has 0 saturated heterocycles. The summed E-state index contributed by atoms with van der Waals surface area (Å²) in [6.07, 6.45) is 0.932. The molecule has 0 aliphatic carbocycles. The molecule has 0 fully saturated rings. The molecule has 0 amide bonds. The van der Waals surface area contributed by atoms with E-state index in [4.69, 9.17) is 0 Å². The third-order valence-electron chi connectivity index (χ3n) is 1.66. The number of rotatable bonds is 1. The summed E-state index contributed by atoms with van der Waals surface area (Å²) in [6, 6.07) is 8.01. The number of benzene rings is 1. The van der Waals surface area contributed by atoms with Gasteiger partial charge >= 0.3 is 74.2 Å². The van der Waals surface area contributed by atoms with Gasteiger partial charge in [0, 0.05) is 0 Å². The quantitative estimate of drug-likeness (QED) is 0.562. The second-order valence-corrected chi connectivity index (χ2v) is 5.00. The van der Waals surface area contributed by atoms with Crippen molar-refractivity contribution in [1.29, 1.82) is 0 Å². The summed E-state index contributed by atoms with van der Waals surface area (Å²) in [5.41, 5.74) is 0.835. The molecule has 1 nitrogen and oxygen atoms in total. The standard InChI is InChI=1S/C9H6OTe/c10-6-7-2-1-3-9-8(7)4-5-11-9/h1-6H. The van der Waals surface area contributed by atoms with Crippen molar-refractivity contribution >= 4 is 35.5 Å². The van der Waals surface area contributed by atoms with Crippen LogP contribution in [0.4, 0.5) is 0 Å². The van der Waals surface area contributed by atoms with E-state index in [0.717, 1.165) is 17.2 Å². The Morgan fingerprint density at radius 1 is 1.27 bits per heavy atom. The molecule has 0 unspecified atom stereocenters. The average molecular weight is 258 g/mol. The number of aldehydes is 1. The molecule has 0 spiro atoms. The molecule has 0 atom stereocenters. The van der Waals surface area contributed by atoms with Gasteiger partial charge in [-0.3, -0.25) is 0 Å². The average Bonchev–Trinajstić information content (AvgIpc) is 2.50. The fraction of sp³-hybridized carbons (Fsp3) is 0. The van der Waals surface area contributed by atoms with E-state index in [1.807, 2.05) is 12.1 Å². The molecule has 2 aromatic rings. The third kappa shape index (κ3) is 1.13. The first-order chi connectivity index (χ1) is 5.42. The Labute approximate surface area is 74.3 Å². The summed E-state index contributed by atoms with van der Waals surface area (Å²) in [5.74, 6) is 0. The molecule has 1 aromatic heterocycles. The van der Waals surface area contributed by atoms with Gasteiger partial charge in [-0.1, -0.05) is 0 Å². The normalized spacial score (nSPS) is 10.2. The predicted molar refractivity (Wildman–Crippen MR) is 46.3 cm³/mol. The van der Waals surface area contributed by atoms with E-state index in [1.165, 1.54) is 3.40 Å². The van der Waals surface area contributed by atoms with Gasteiger partial charge in [0.15, 0.2) is 0 Å². The van der Waals surface area contributed by atoms with E-state index in [-0.39, 0.29) is 20.4 Å². The number of hydrogen-bond acceptors (Lipinski definition) is 1. The van der Waals surface area contributed by atoms with Crippen LogP contribution in [-0.2, 0) is 0 Å². The van der Waals surface area contributed by atoms with Crippen molar-refractivity contribution in [2.24, 2.45) is 0 Å². The van der Waals surface area contributed by atoms with Gasteiger partial charge in [0.25, 0.3) is 0 Å². The van der Waals surface area contributed by atoms with Crippen molar-refractivity contribution in [3.63, 3.8) is 0 Å². The van der Waals surface area contributed by atoms with Gasteiger partial charge in [0.2, 0.25) is 0 Å². The maximum atomic E-state index is 10.5. The molecule has 2 rings (SSSR count). The molecular weight excluding hydrogens is 252 g/mol. The van der Waals surface area contributed by atoms with Crippen LogP contribution in [0.25, 0.3) is 8.79 Å². The second kappa shape index (κ2) is 2.81. The van der Waals surface area contributed by atoms with Crippen molar-refractivity contribution in [2.75, 3.05) is 0 Å². The van der Waals surface area contributed by atoms with Crippen molar-refractivity contribution < 1.29 is 4.79 Å². The Bertz CT molecular complexity index is 389. The summed E-state index contributed by atoms with van der Waals surface area (Å²) in [4.78, 5) is 10.5. The van der Waals surface area contributed by atoms with Crippen LogP contribution in [0, 0.1) is 0 Å². The SMILES string of the molecule is O=Cc1cccc2[te]ccc12. The molecule has 0 bridgehead atoms. The van der Waals surface area contributed by atoms with Crippen molar-refractivity contribution in [3.8, 4) is 0 Å². The Kier molecular flexibility index (Phi) is 1.81. The Balaban J connectivity index is 2.88. The molecule has 1 heterocycles. The minimum absolute atomic E-state index is 0.105. The summed E-state index contributed by atoms with van der Waals surface area (Å²) in [7, 11) is 0. The molecule has 2 heteroatoms. The van der Waals surface area contributed by atoms with Crippen LogP contribution in [0.15, 0.2) is 28.3 Å². The first-order valence-corrected chi connectivity index (χ1v) is 5.84. The van der Waals surface area contributed by atoms with Crippen LogP contribution in [0.3, 0.4) is 0 Å². The molecule has 0 saturated carbocycles. The molecule has 0 N–H and O–H groups in total. The van der Waals surface area contributed by atoms with E-state index in [9.17, 15) is 4.79 Å². The summed E-state index contributed by atoms with van der Waals surface area (Å²) >= 11 is -0.105. The van der Waals surface area contributed by atoms with Gasteiger partial charge in [-0.25, -0.2) is 0 Å². The molecule has 0 aliphatic heterocycles. The summed E-state index contributed by atoms with van der Waals surface area (Å²) in [5, 5.41) is 1.16. The molecule has 11 heavy (non-hydrogen) atoms. The van der Waals surface area contributed by atoms with Crippen LogP contribution in [0.1, 0.15) is 10.4 Å². The minimum atomic E-state index is -0.105. The fourth-order valence-electron chi connectivity index (χ4n) is 1.12. The fourth-order valence-corrected chi connectivity index (χ4v) is 3.46. The number of hydrogen-bond donors (Lipinski definition) is 0. The molecule has 0 radical (unpaired) electrons. The maximum absolute atomic E-state index is 10.5. The molecule has 0 aliphatic rings. The zero-order valence-corrected chi connectivity index (χ0v) is 8.11. The van der Waals surface area contributed by atoms with Gasteiger partial charge in [0.05, 0.1) is 0 Å². The Morgan fingerprint density at radius 3 is 3.00 bits per heavy atom. The number of carbonyl (C=O) groups is 1. The predicted octanol–water partition coefficient (Wildman–Crippen LogP) is 1.71. The van der Waals surface area contributed by atoms with Crippen LogP contribution < -0.4 is 0 Å². The van der Waals surface area contributed by atoms with Crippen molar-refractivity contribution in [1.82, 2.24) is 0 Å². The first-order valence-electron chi connectivity index (χ1n) is 3.33. The number of carbonyl (C=O) groups excluding carboxylic acids is 1. The number of fused-ring (bicyclic) bond motifs is 1. The van der Waals surface area contributed by atoms with Gasteiger partial charge < -0.3 is 0 Å². The monoisotopic (exact) mass is 260 g/mol. The van der Waals surface area contributed by atoms with Crippen molar-refractivity contribution in [3.05, 3.63) is 33.9 Å². The van der Waals surface area contributed by atoms with Gasteiger partial charge in [-0.2, -0.15) is 0 Å². The van der Waals surface area contributed by atoms with Crippen LogP contribution in [-0.4, -0.2) is 26.7 Å². The first kappa shape index (κ1) is 7.09. The second-order valence-electron chi connectivity index (χ2n) is 2.30. The van der Waals surface area contributed by atoms with E-state index >= 15 is 0 Å². The Hall–Kier alpha value is -0.580. The van der Waals surface area contributed by atoms with Gasteiger partial charge in [0.1, 0.15) is 0 Å². The molecule has 54 valence electrons. The zero-order valence-electron chi connectivity index (χ0n) is 5.78. The zero-order chi connectivity index (χ0) is 7.68. The van der Waals surface area contributed by atoms with E-state index < -0.39 is 0 Å². The van der Waals surface area contributed by atoms with Crippen molar-refractivity contribution in [2.45, 2.75) is 0 Å². The summed E-state index contributed by atoms with van der Waals surface area (Å²) in [6.45, 7) is 0. The Morgan fingerprint density at radius 2 is 2.18 bits per heavy atom. The topological polar surface area (TPSA) is 17.1 Å². The van der Waals surface area contributed by atoms with Gasteiger partial charge in [-0.05, 0) is 0 Å².